The highest BCUT2D eigenvalue weighted by atomic mass is 16.9. The topological polar surface area (TPSA) is 185 Å². The number of ether oxygens (including phenoxy) is 16. The lowest BCUT2D eigenvalue weighted by atomic mass is 9.78. The zero-order chi connectivity index (χ0) is 52.4. The van der Waals surface area contributed by atoms with Crippen molar-refractivity contribution in [3.05, 3.63) is 24.3 Å². The Morgan fingerprint density at radius 3 is 2.06 bits per heavy atom. The first kappa shape index (κ1) is 52.1. The molecule has 77 heavy (non-hydrogen) atoms. The minimum absolute atomic E-state index is 0.0125. The largest absolute Gasteiger partial charge is 0.459 e. The Kier molecular flexibility index (Phi) is 13.2. The quantitative estimate of drug-likeness (QED) is 0.233. The van der Waals surface area contributed by atoms with Gasteiger partial charge in [-0.1, -0.05) is 54.2 Å². The molecule has 31 unspecified atom stereocenters. The number of carbonyl (C=O) groups is 1. The lowest BCUT2D eigenvalue weighted by Gasteiger charge is -2.54. The summed E-state index contributed by atoms with van der Waals surface area (Å²) < 4.78 is 110. The molecule has 18 nitrogen and oxygen atoms in total. The number of aliphatic hydroxyl groups is 1. The van der Waals surface area contributed by atoms with Crippen LogP contribution in [0, 0.1) is 23.7 Å². The van der Waals surface area contributed by atoms with Gasteiger partial charge in [0.2, 0.25) is 0 Å². The molecular formula is C59H84O18. The third-order valence-corrected chi connectivity index (χ3v) is 21.3. The molecule has 1 N–H and O–H groups in total. The lowest BCUT2D eigenvalue weighted by Crippen LogP contribution is -2.62. The molecule has 0 saturated carbocycles. The van der Waals surface area contributed by atoms with Crippen molar-refractivity contribution in [2.24, 2.45) is 23.7 Å². The van der Waals surface area contributed by atoms with Gasteiger partial charge in [0.1, 0.15) is 54.9 Å². The fraction of sp³-hybridized carbons (Fsp3) is 0.915. The first-order chi connectivity index (χ1) is 37.1. The van der Waals surface area contributed by atoms with Gasteiger partial charge in [-0.05, 0) is 80.3 Å². The average Bonchev–Trinajstić information content (AvgIpc) is 4.35. The molecule has 16 heterocycles. The maximum absolute atomic E-state index is 14.5. The third kappa shape index (κ3) is 8.95. The molecule has 0 aromatic heterocycles. The highest BCUT2D eigenvalue weighted by Crippen LogP contribution is 2.57. The van der Waals surface area contributed by atoms with E-state index in [1.54, 1.807) is 0 Å². The maximum atomic E-state index is 14.5. The molecule has 16 aliphatic heterocycles. The van der Waals surface area contributed by atoms with Crippen molar-refractivity contribution >= 4 is 5.97 Å². The van der Waals surface area contributed by atoms with E-state index in [0.717, 1.165) is 56.1 Å². The second kappa shape index (κ2) is 19.4. The van der Waals surface area contributed by atoms with E-state index in [1.165, 1.54) is 0 Å². The zero-order valence-electron chi connectivity index (χ0n) is 45.7. The minimum Gasteiger partial charge on any atom is -0.459 e. The van der Waals surface area contributed by atoms with Crippen LogP contribution in [0.3, 0.4) is 0 Å². The molecule has 0 amide bonds. The van der Waals surface area contributed by atoms with Crippen LogP contribution >= 0.6 is 0 Å². The zero-order valence-corrected chi connectivity index (χ0v) is 45.7. The second-order valence-corrected chi connectivity index (χ2v) is 26.8. The Morgan fingerprint density at radius 2 is 1.21 bits per heavy atom. The van der Waals surface area contributed by atoms with Gasteiger partial charge < -0.3 is 80.9 Å². The summed E-state index contributed by atoms with van der Waals surface area (Å²) in [4.78, 5) is 14.5. The molecule has 31 atom stereocenters. The Morgan fingerprint density at radius 1 is 0.506 bits per heavy atom. The van der Waals surface area contributed by atoms with Gasteiger partial charge in [-0.2, -0.15) is 0 Å². The number of carbonyl (C=O) groups excluding carboxylic acids is 1. The molecule has 18 heteroatoms. The van der Waals surface area contributed by atoms with Crippen LogP contribution in [-0.2, 0) is 80.6 Å². The molecule has 0 aromatic carbocycles. The molecule has 428 valence electrons. The van der Waals surface area contributed by atoms with Crippen LogP contribution in [-0.4, -0.2) is 175 Å². The van der Waals surface area contributed by atoms with Gasteiger partial charge >= 0.3 is 5.97 Å². The fourth-order valence-corrected chi connectivity index (χ4v) is 17.6. The van der Waals surface area contributed by atoms with Crippen molar-refractivity contribution in [3.63, 3.8) is 0 Å². The van der Waals surface area contributed by atoms with E-state index < -0.39 is 78.8 Å². The van der Waals surface area contributed by atoms with Gasteiger partial charge in [0, 0.05) is 57.3 Å². The summed E-state index contributed by atoms with van der Waals surface area (Å²) in [7, 11) is 0. The van der Waals surface area contributed by atoms with Gasteiger partial charge in [-0.25, -0.2) is 0 Å². The predicted molar refractivity (Wildman–Crippen MR) is 267 cm³/mol. The SMILES string of the molecule is C=C1CC2CCC34CC5OC6C(OC7CCC(CC(=O)OC8C(CC9OC(CCC1O2)CC(C)C9=C)OC1OC2OC9(CC2OC1C8C)CC1OC2(CC(C)C8OC(CCC)C(O)CC8O2)CC(C)C1O9)OC7C6O3)C5O4. The van der Waals surface area contributed by atoms with E-state index in [0.29, 0.717) is 64.2 Å². The van der Waals surface area contributed by atoms with E-state index in [-0.39, 0.29) is 122 Å². The van der Waals surface area contributed by atoms with Crippen LogP contribution in [0.1, 0.15) is 150 Å². The Bertz CT molecular complexity index is 2290. The number of hydrogen-bond donors (Lipinski definition) is 1. The van der Waals surface area contributed by atoms with E-state index >= 15 is 0 Å². The molecule has 0 aliphatic carbocycles. The van der Waals surface area contributed by atoms with E-state index in [9.17, 15) is 9.90 Å². The van der Waals surface area contributed by atoms with Gasteiger partial charge in [0.05, 0.1) is 85.8 Å². The number of hydrogen-bond acceptors (Lipinski definition) is 18. The van der Waals surface area contributed by atoms with Gasteiger partial charge in [0.25, 0.3) is 0 Å². The van der Waals surface area contributed by atoms with Crippen LogP contribution in [0.4, 0.5) is 0 Å². The number of fused-ring (bicyclic) bond motifs is 10. The molecule has 16 saturated heterocycles. The van der Waals surface area contributed by atoms with Gasteiger partial charge in [0.15, 0.2) is 29.9 Å². The van der Waals surface area contributed by atoms with E-state index in [1.807, 2.05) is 0 Å². The molecule has 16 fully saturated rings. The molecular weight excluding hydrogens is 997 g/mol. The number of rotatable bonds is 2. The maximum Gasteiger partial charge on any atom is 0.308 e. The monoisotopic (exact) mass is 1080 g/mol. The van der Waals surface area contributed by atoms with Crippen molar-refractivity contribution in [1.82, 2.24) is 0 Å². The first-order valence-electron chi connectivity index (χ1n) is 30.3. The van der Waals surface area contributed by atoms with Crippen molar-refractivity contribution in [3.8, 4) is 0 Å². The summed E-state index contributed by atoms with van der Waals surface area (Å²) in [6, 6.07) is 0. The Balaban J connectivity index is 0.664. The third-order valence-electron chi connectivity index (χ3n) is 21.3. The van der Waals surface area contributed by atoms with Crippen molar-refractivity contribution in [1.29, 1.82) is 0 Å². The molecule has 0 aromatic rings. The highest BCUT2D eigenvalue weighted by Gasteiger charge is 2.70. The standard InChI is InChI=1S/C59H84O18/c1-8-9-37-35(60)19-41-46(65-37)28(4)21-58(72-41)22-29(5)47-43(73-58)24-59(74-47)25-44-55(77-59)71-56-49(68-44)31(7)48-40(69-56)20-39-30(6)26(2)16-32(63-39)10-12-36-27(3)17-34(62-36)14-15-57-23-42-51(75-57)52-53(67-42)54(76-57)50-38(66-52)13-11-33(64-50)18-45(61)70-48/h26,28-29,31-44,46-56,60H,3,6,8-25H2,1-2,4-5,7H3. The Hall–Kier alpha value is -1.69. The van der Waals surface area contributed by atoms with E-state index in [4.69, 9.17) is 75.8 Å². The smallest absolute Gasteiger partial charge is 0.308 e. The number of esters is 1. The van der Waals surface area contributed by atoms with Crippen LogP contribution in [0.5, 0.6) is 0 Å². The van der Waals surface area contributed by atoms with Crippen molar-refractivity contribution < 1.29 is 85.7 Å². The summed E-state index contributed by atoms with van der Waals surface area (Å²) in [6.07, 6.45) is 3.49. The van der Waals surface area contributed by atoms with Crippen molar-refractivity contribution in [2.45, 2.75) is 314 Å². The molecule has 16 aliphatic rings. The second-order valence-electron chi connectivity index (χ2n) is 26.8. The van der Waals surface area contributed by atoms with E-state index in [2.05, 4.69) is 47.8 Å². The molecule has 16 rings (SSSR count). The van der Waals surface area contributed by atoms with Crippen LogP contribution < -0.4 is 0 Å². The first-order valence-corrected chi connectivity index (χ1v) is 30.3. The summed E-state index contributed by atoms with van der Waals surface area (Å²) in [5.41, 5.74) is 2.12. The Labute approximate surface area is 452 Å². The summed E-state index contributed by atoms with van der Waals surface area (Å²) >= 11 is 0. The summed E-state index contributed by atoms with van der Waals surface area (Å²) in [6.45, 7) is 19.9. The van der Waals surface area contributed by atoms with Crippen LogP contribution in [0.25, 0.3) is 0 Å². The van der Waals surface area contributed by atoms with Gasteiger partial charge in [-0.15, -0.1) is 0 Å². The lowest BCUT2D eigenvalue weighted by molar-refractivity contribution is -0.393. The predicted octanol–water partition coefficient (Wildman–Crippen LogP) is 6.52. The highest BCUT2D eigenvalue weighted by molar-refractivity contribution is 5.70. The van der Waals surface area contributed by atoms with Gasteiger partial charge in [-0.3, -0.25) is 4.79 Å². The average molecular weight is 1080 g/mol. The molecule has 12 bridgehead atoms. The summed E-state index contributed by atoms with van der Waals surface area (Å²) in [5.74, 6) is -2.86. The molecule has 0 radical (unpaired) electrons. The van der Waals surface area contributed by atoms with Crippen molar-refractivity contribution in [2.75, 3.05) is 0 Å². The fourth-order valence-electron chi connectivity index (χ4n) is 17.6. The number of aliphatic hydroxyl groups excluding tert-OH is 1. The van der Waals surface area contributed by atoms with Crippen LogP contribution in [0.15, 0.2) is 24.3 Å². The normalized spacial score (nSPS) is 58.6. The molecule has 3 spiro atoms. The van der Waals surface area contributed by atoms with Crippen LogP contribution in [0.2, 0.25) is 0 Å². The summed E-state index contributed by atoms with van der Waals surface area (Å²) in [5, 5.41) is 11.1. The minimum atomic E-state index is -1.01.